The first-order chi connectivity index (χ1) is 14.4. The third-order valence-corrected chi connectivity index (χ3v) is 4.88. The van der Waals surface area contributed by atoms with Crippen molar-refractivity contribution < 1.29 is 14.3 Å². The average Bonchev–Trinajstić information content (AvgIpc) is 2.72. The molecule has 5 nitrogen and oxygen atoms in total. The van der Waals surface area contributed by atoms with E-state index in [1.165, 1.54) is 0 Å². The van der Waals surface area contributed by atoms with E-state index >= 15 is 0 Å². The minimum Gasteiger partial charge on any atom is -0.494 e. The van der Waals surface area contributed by atoms with Crippen LogP contribution in [0.3, 0.4) is 0 Å². The second kappa shape index (κ2) is 12.2. The third-order valence-electron chi connectivity index (χ3n) is 4.63. The molecule has 0 spiro atoms. The molecule has 2 aromatic rings. The Bertz CT molecular complexity index is 794. The van der Waals surface area contributed by atoms with Gasteiger partial charge in [0.1, 0.15) is 11.8 Å². The first kappa shape index (κ1) is 23.7. The molecule has 0 aliphatic rings. The standard InChI is InChI=1S/C24H31ClN2O3/c1-4-22(24(29)26-18(2)3)27(17-19-9-6-5-7-10-19)23(28)11-8-16-30-21-14-12-20(25)13-15-21/h5-7,9-10,12-15,18,22H,4,8,11,16-17H2,1-3H3,(H,26,29). The van der Waals surface area contributed by atoms with Crippen LogP contribution in [0.15, 0.2) is 54.6 Å². The van der Waals surface area contributed by atoms with Crippen LogP contribution in [0, 0.1) is 0 Å². The summed E-state index contributed by atoms with van der Waals surface area (Å²) < 4.78 is 5.69. The summed E-state index contributed by atoms with van der Waals surface area (Å²) in [6.45, 7) is 6.59. The van der Waals surface area contributed by atoms with Crippen LogP contribution in [0.5, 0.6) is 5.75 Å². The van der Waals surface area contributed by atoms with Gasteiger partial charge >= 0.3 is 0 Å². The van der Waals surface area contributed by atoms with Crippen molar-refractivity contribution in [2.45, 2.75) is 58.7 Å². The van der Waals surface area contributed by atoms with Crippen molar-refractivity contribution in [2.75, 3.05) is 6.61 Å². The highest BCUT2D eigenvalue weighted by molar-refractivity contribution is 6.30. The van der Waals surface area contributed by atoms with E-state index in [2.05, 4.69) is 5.32 Å². The number of nitrogens with zero attached hydrogens (tertiary/aromatic N) is 1. The number of ether oxygens (including phenoxy) is 1. The van der Waals surface area contributed by atoms with Gasteiger partial charge in [0.25, 0.3) is 0 Å². The fourth-order valence-electron chi connectivity index (χ4n) is 3.17. The minimum absolute atomic E-state index is 0.0213. The molecule has 6 heteroatoms. The fraction of sp³-hybridized carbons (Fsp3) is 0.417. The molecule has 1 atom stereocenters. The maximum atomic E-state index is 13.1. The number of halogens is 1. The predicted molar refractivity (Wildman–Crippen MR) is 121 cm³/mol. The lowest BCUT2D eigenvalue weighted by molar-refractivity contribution is -0.141. The van der Waals surface area contributed by atoms with Crippen LogP contribution >= 0.6 is 11.6 Å². The van der Waals surface area contributed by atoms with Crippen LogP contribution in [-0.4, -0.2) is 35.4 Å². The zero-order valence-corrected chi connectivity index (χ0v) is 18.7. The molecular formula is C24H31ClN2O3. The van der Waals surface area contributed by atoms with E-state index in [9.17, 15) is 9.59 Å². The molecule has 1 unspecified atom stereocenters. The van der Waals surface area contributed by atoms with E-state index < -0.39 is 6.04 Å². The van der Waals surface area contributed by atoms with Crippen molar-refractivity contribution >= 4 is 23.4 Å². The molecule has 0 saturated heterocycles. The monoisotopic (exact) mass is 430 g/mol. The highest BCUT2D eigenvalue weighted by Crippen LogP contribution is 2.17. The maximum Gasteiger partial charge on any atom is 0.243 e. The highest BCUT2D eigenvalue weighted by atomic mass is 35.5. The fourth-order valence-corrected chi connectivity index (χ4v) is 3.29. The topological polar surface area (TPSA) is 58.6 Å². The number of rotatable bonds is 11. The summed E-state index contributed by atoms with van der Waals surface area (Å²) in [4.78, 5) is 27.5. The van der Waals surface area contributed by atoms with E-state index in [0.717, 1.165) is 11.3 Å². The Balaban J connectivity index is 2.01. The summed E-state index contributed by atoms with van der Waals surface area (Å²) in [7, 11) is 0. The van der Waals surface area contributed by atoms with Crippen LogP contribution in [0.4, 0.5) is 0 Å². The minimum atomic E-state index is -0.503. The van der Waals surface area contributed by atoms with Crippen LogP contribution in [-0.2, 0) is 16.1 Å². The molecule has 0 aliphatic carbocycles. The Morgan fingerprint density at radius 1 is 1.07 bits per heavy atom. The molecule has 0 heterocycles. The van der Waals surface area contributed by atoms with Gasteiger partial charge in [0.2, 0.25) is 11.8 Å². The molecule has 2 amide bonds. The number of hydrogen-bond acceptors (Lipinski definition) is 3. The van der Waals surface area contributed by atoms with E-state index in [4.69, 9.17) is 16.3 Å². The number of carbonyl (C=O) groups excluding carboxylic acids is 2. The van der Waals surface area contributed by atoms with Crippen molar-refractivity contribution in [1.29, 1.82) is 0 Å². The van der Waals surface area contributed by atoms with Crippen LogP contribution in [0.1, 0.15) is 45.6 Å². The predicted octanol–water partition coefficient (Wildman–Crippen LogP) is 4.83. The SMILES string of the molecule is CCC(C(=O)NC(C)C)N(Cc1ccccc1)C(=O)CCCOc1ccc(Cl)cc1. The summed E-state index contributed by atoms with van der Waals surface area (Å²) in [6, 6.07) is 16.4. The number of carbonyl (C=O) groups is 2. The highest BCUT2D eigenvalue weighted by Gasteiger charge is 2.28. The number of amides is 2. The van der Waals surface area contributed by atoms with Crippen molar-refractivity contribution in [3.63, 3.8) is 0 Å². The quantitative estimate of drug-likeness (QED) is 0.519. The van der Waals surface area contributed by atoms with Gasteiger partial charge in [-0.2, -0.15) is 0 Å². The normalized spacial score (nSPS) is 11.8. The molecule has 2 aromatic carbocycles. The summed E-state index contributed by atoms with van der Waals surface area (Å²) in [5.74, 6) is 0.550. The zero-order chi connectivity index (χ0) is 21.9. The van der Waals surface area contributed by atoms with Gasteiger partial charge in [-0.3, -0.25) is 9.59 Å². The molecule has 0 bridgehead atoms. The molecule has 0 fully saturated rings. The molecule has 0 radical (unpaired) electrons. The van der Waals surface area contributed by atoms with Crippen molar-refractivity contribution in [1.82, 2.24) is 10.2 Å². The largest absolute Gasteiger partial charge is 0.494 e. The van der Waals surface area contributed by atoms with E-state index in [1.807, 2.05) is 51.1 Å². The van der Waals surface area contributed by atoms with E-state index in [-0.39, 0.29) is 17.9 Å². The average molecular weight is 431 g/mol. The van der Waals surface area contributed by atoms with Crippen LogP contribution in [0.2, 0.25) is 5.02 Å². The van der Waals surface area contributed by atoms with Gasteiger partial charge < -0.3 is 15.0 Å². The van der Waals surface area contributed by atoms with E-state index in [1.54, 1.807) is 29.2 Å². The summed E-state index contributed by atoms with van der Waals surface area (Å²) in [6.07, 6.45) is 1.43. The lowest BCUT2D eigenvalue weighted by atomic mass is 10.1. The Labute approximate surface area is 184 Å². The van der Waals surface area contributed by atoms with Crippen LogP contribution in [0.25, 0.3) is 0 Å². The Morgan fingerprint density at radius 3 is 2.33 bits per heavy atom. The van der Waals surface area contributed by atoms with Gasteiger partial charge in [-0.05, 0) is 56.5 Å². The van der Waals surface area contributed by atoms with Gasteiger partial charge in [0.15, 0.2) is 0 Å². The Hall–Kier alpha value is -2.53. The lowest BCUT2D eigenvalue weighted by Crippen LogP contribution is -2.50. The smallest absolute Gasteiger partial charge is 0.243 e. The van der Waals surface area contributed by atoms with Crippen molar-refractivity contribution in [2.24, 2.45) is 0 Å². The third kappa shape index (κ3) is 7.71. The zero-order valence-electron chi connectivity index (χ0n) is 17.9. The molecule has 30 heavy (non-hydrogen) atoms. The second-order valence-electron chi connectivity index (χ2n) is 7.50. The summed E-state index contributed by atoms with van der Waals surface area (Å²) in [5.41, 5.74) is 0.999. The van der Waals surface area contributed by atoms with Gasteiger partial charge in [-0.25, -0.2) is 0 Å². The molecule has 0 saturated carbocycles. The molecule has 1 N–H and O–H groups in total. The van der Waals surface area contributed by atoms with E-state index in [0.29, 0.717) is 37.4 Å². The van der Waals surface area contributed by atoms with Gasteiger partial charge in [-0.1, -0.05) is 48.9 Å². The van der Waals surface area contributed by atoms with Crippen LogP contribution < -0.4 is 10.1 Å². The number of nitrogens with one attached hydrogen (secondary N) is 1. The van der Waals surface area contributed by atoms with Crippen molar-refractivity contribution in [3.05, 3.63) is 65.2 Å². The van der Waals surface area contributed by atoms with Gasteiger partial charge in [-0.15, -0.1) is 0 Å². The van der Waals surface area contributed by atoms with Gasteiger partial charge in [0, 0.05) is 24.0 Å². The Kier molecular flexibility index (Phi) is 9.68. The van der Waals surface area contributed by atoms with Gasteiger partial charge in [0.05, 0.1) is 6.61 Å². The number of hydrogen-bond donors (Lipinski definition) is 1. The molecule has 0 aromatic heterocycles. The first-order valence-corrected chi connectivity index (χ1v) is 10.8. The molecule has 162 valence electrons. The molecule has 0 aliphatic heterocycles. The summed E-state index contributed by atoms with van der Waals surface area (Å²) in [5, 5.41) is 3.59. The first-order valence-electron chi connectivity index (χ1n) is 10.4. The maximum absolute atomic E-state index is 13.1. The number of benzene rings is 2. The Morgan fingerprint density at radius 2 is 1.73 bits per heavy atom. The molecule has 2 rings (SSSR count). The lowest BCUT2D eigenvalue weighted by Gasteiger charge is -2.31. The summed E-state index contributed by atoms with van der Waals surface area (Å²) >= 11 is 5.88. The molecular weight excluding hydrogens is 400 g/mol. The van der Waals surface area contributed by atoms with Crippen molar-refractivity contribution in [3.8, 4) is 5.75 Å². The second-order valence-corrected chi connectivity index (χ2v) is 7.94.